The van der Waals surface area contributed by atoms with Crippen molar-refractivity contribution in [2.45, 2.75) is 45.4 Å². The summed E-state index contributed by atoms with van der Waals surface area (Å²) in [5, 5.41) is 23.7. The number of aliphatic hydroxyl groups excluding tert-OH is 1. The van der Waals surface area contributed by atoms with E-state index < -0.39 is 29.8 Å². The second-order valence-corrected chi connectivity index (χ2v) is 9.08. The number of likely N-dealkylation sites (tertiary alicyclic amines) is 1. The fourth-order valence-corrected chi connectivity index (χ4v) is 5.44. The number of rotatable bonds is 8. The maximum atomic E-state index is 13.6. The highest BCUT2D eigenvalue weighted by molar-refractivity contribution is 5.97. The second-order valence-electron chi connectivity index (χ2n) is 9.08. The van der Waals surface area contributed by atoms with E-state index in [0.29, 0.717) is 5.52 Å². The largest absolute Gasteiger partial charge is 0.394 e. The molecule has 0 saturated carbocycles. The molecule has 2 aliphatic rings. The third-order valence-electron chi connectivity index (χ3n) is 7.05. The standard InChI is InChI=1S/C24H32N6O4/c1-4-7-15-10-11-16-20(19(15)22(32)25-3)24(34)30(14(2)12-31)21(16)23(33)26-13-29-18-9-6-5-8-17(18)27-28-29/h5-6,8-11,14-16,19-21,31H,4,7,12-13H2,1-3H3,(H,25,32)(H,26,33)/t14-,15-,16+,19-,20-,21+/m1/s1. The van der Waals surface area contributed by atoms with Gasteiger partial charge in [-0.05, 0) is 31.4 Å². The number of para-hydroxylation sites is 1. The number of hydrogen-bond donors (Lipinski definition) is 3. The number of benzene rings is 1. The van der Waals surface area contributed by atoms with Gasteiger partial charge in [-0.1, -0.05) is 42.8 Å². The van der Waals surface area contributed by atoms with Gasteiger partial charge in [-0.2, -0.15) is 0 Å². The summed E-state index contributed by atoms with van der Waals surface area (Å²) in [4.78, 5) is 41.5. The normalized spacial score (nSPS) is 27.0. The van der Waals surface area contributed by atoms with Crippen LogP contribution in [0.5, 0.6) is 0 Å². The number of nitrogens with one attached hydrogen (secondary N) is 2. The van der Waals surface area contributed by atoms with E-state index in [2.05, 4.69) is 20.9 Å². The Labute approximate surface area is 198 Å². The molecule has 0 unspecified atom stereocenters. The third-order valence-corrected chi connectivity index (χ3v) is 7.05. The van der Waals surface area contributed by atoms with Crippen LogP contribution in [0.15, 0.2) is 36.4 Å². The molecule has 10 heteroatoms. The molecule has 10 nitrogen and oxygen atoms in total. The number of amides is 3. The highest BCUT2D eigenvalue weighted by atomic mass is 16.3. The van der Waals surface area contributed by atoms with E-state index >= 15 is 0 Å². The minimum absolute atomic E-state index is 0.0789. The molecule has 6 atom stereocenters. The van der Waals surface area contributed by atoms with Crippen LogP contribution in [0.2, 0.25) is 0 Å². The summed E-state index contributed by atoms with van der Waals surface area (Å²) in [6.45, 7) is 3.56. The van der Waals surface area contributed by atoms with Gasteiger partial charge in [-0.15, -0.1) is 5.10 Å². The topological polar surface area (TPSA) is 129 Å². The molecule has 182 valence electrons. The Morgan fingerprint density at radius 1 is 1.21 bits per heavy atom. The average molecular weight is 469 g/mol. The van der Waals surface area contributed by atoms with Gasteiger partial charge in [0.25, 0.3) is 0 Å². The first kappa shape index (κ1) is 23.9. The van der Waals surface area contributed by atoms with Gasteiger partial charge in [0.2, 0.25) is 17.7 Å². The Hall–Kier alpha value is -3.27. The van der Waals surface area contributed by atoms with Gasteiger partial charge < -0.3 is 20.6 Å². The minimum atomic E-state index is -0.833. The number of carbonyl (C=O) groups excluding carboxylic acids is 3. The smallest absolute Gasteiger partial charge is 0.244 e. The predicted octanol–water partition coefficient (Wildman–Crippen LogP) is 0.677. The predicted molar refractivity (Wildman–Crippen MR) is 125 cm³/mol. The number of nitrogens with zero attached hydrogens (tertiary/aromatic N) is 4. The summed E-state index contributed by atoms with van der Waals surface area (Å²) in [5.74, 6) is -2.57. The highest BCUT2D eigenvalue weighted by Crippen LogP contribution is 2.45. The lowest BCUT2D eigenvalue weighted by Gasteiger charge is -2.34. The molecule has 0 spiro atoms. The number of fused-ring (bicyclic) bond motifs is 2. The summed E-state index contributed by atoms with van der Waals surface area (Å²) < 4.78 is 1.59. The summed E-state index contributed by atoms with van der Waals surface area (Å²) in [6.07, 6.45) is 5.55. The van der Waals surface area contributed by atoms with Crippen LogP contribution in [-0.2, 0) is 21.1 Å². The minimum Gasteiger partial charge on any atom is -0.394 e. The van der Waals surface area contributed by atoms with Crippen LogP contribution in [0.3, 0.4) is 0 Å². The van der Waals surface area contributed by atoms with Crippen molar-refractivity contribution in [3.63, 3.8) is 0 Å². The fourth-order valence-electron chi connectivity index (χ4n) is 5.44. The van der Waals surface area contributed by atoms with E-state index in [1.54, 1.807) is 18.7 Å². The molecule has 2 heterocycles. The van der Waals surface area contributed by atoms with Crippen LogP contribution in [-0.4, -0.2) is 68.5 Å². The molecule has 1 saturated heterocycles. The highest BCUT2D eigenvalue weighted by Gasteiger charge is 2.57. The molecule has 1 aromatic carbocycles. The van der Waals surface area contributed by atoms with E-state index in [4.69, 9.17) is 0 Å². The third kappa shape index (κ3) is 4.06. The molecule has 1 aliphatic carbocycles. The molecular formula is C24H32N6O4. The number of carbonyl (C=O) groups is 3. The van der Waals surface area contributed by atoms with Crippen molar-refractivity contribution >= 4 is 28.8 Å². The molecule has 1 fully saturated rings. The van der Waals surface area contributed by atoms with Crippen molar-refractivity contribution < 1.29 is 19.5 Å². The zero-order valence-electron chi connectivity index (χ0n) is 19.7. The van der Waals surface area contributed by atoms with Gasteiger partial charge in [-0.3, -0.25) is 14.4 Å². The number of allylic oxidation sites excluding steroid dienone is 1. The van der Waals surface area contributed by atoms with Crippen molar-refractivity contribution in [2.75, 3.05) is 13.7 Å². The Morgan fingerprint density at radius 2 is 1.97 bits per heavy atom. The zero-order chi connectivity index (χ0) is 24.4. The van der Waals surface area contributed by atoms with E-state index in [9.17, 15) is 19.5 Å². The van der Waals surface area contributed by atoms with Crippen molar-refractivity contribution in [3.05, 3.63) is 36.4 Å². The van der Waals surface area contributed by atoms with Gasteiger partial charge in [0, 0.05) is 13.0 Å². The van der Waals surface area contributed by atoms with Crippen LogP contribution < -0.4 is 10.6 Å². The molecule has 0 bridgehead atoms. The van der Waals surface area contributed by atoms with Crippen LogP contribution in [0.25, 0.3) is 11.0 Å². The zero-order valence-corrected chi connectivity index (χ0v) is 19.7. The van der Waals surface area contributed by atoms with Gasteiger partial charge >= 0.3 is 0 Å². The van der Waals surface area contributed by atoms with E-state index in [0.717, 1.165) is 18.4 Å². The summed E-state index contributed by atoms with van der Waals surface area (Å²) >= 11 is 0. The molecular weight excluding hydrogens is 436 g/mol. The SMILES string of the molecule is CCC[C@@H]1C=C[C@H]2[C@@H](C(=O)N([C@H](C)CO)[C@@H]2C(=O)NCn2nnc3ccccc32)[C@@H]1C(=O)NC. The van der Waals surface area contributed by atoms with E-state index in [1.165, 1.54) is 4.90 Å². The van der Waals surface area contributed by atoms with Gasteiger partial charge in [-0.25, -0.2) is 4.68 Å². The van der Waals surface area contributed by atoms with Crippen molar-refractivity contribution in [2.24, 2.45) is 23.7 Å². The Morgan fingerprint density at radius 3 is 2.68 bits per heavy atom. The number of hydrogen-bond acceptors (Lipinski definition) is 6. The fraction of sp³-hybridized carbons (Fsp3) is 0.542. The van der Waals surface area contributed by atoms with E-state index in [-0.39, 0.29) is 36.9 Å². The van der Waals surface area contributed by atoms with E-state index in [1.807, 2.05) is 43.3 Å². The first-order chi connectivity index (χ1) is 16.4. The molecule has 2 aromatic rings. The van der Waals surface area contributed by atoms with Crippen molar-refractivity contribution in [1.82, 2.24) is 30.5 Å². The average Bonchev–Trinajstić information content (AvgIpc) is 3.40. The Kier molecular flexibility index (Phi) is 6.97. The first-order valence-corrected chi connectivity index (χ1v) is 11.8. The molecule has 3 amide bonds. The molecule has 3 N–H and O–H groups in total. The molecule has 1 aliphatic heterocycles. The quantitative estimate of drug-likeness (QED) is 0.489. The van der Waals surface area contributed by atoms with Crippen molar-refractivity contribution in [3.8, 4) is 0 Å². The van der Waals surface area contributed by atoms with Gasteiger partial charge in [0.1, 0.15) is 18.2 Å². The summed E-state index contributed by atoms with van der Waals surface area (Å²) in [6, 6.07) is 6.03. The number of aliphatic hydroxyl groups is 1. The molecule has 4 rings (SSSR count). The molecule has 1 aromatic heterocycles. The maximum absolute atomic E-state index is 13.6. The Balaban J connectivity index is 1.64. The van der Waals surface area contributed by atoms with Gasteiger partial charge in [0.15, 0.2) is 0 Å². The summed E-state index contributed by atoms with van der Waals surface area (Å²) in [7, 11) is 1.57. The lowest BCUT2D eigenvalue weighted by Crippen LogP contribution is -2.51. The van der Waals surface area contributed by atoms with Crippen LogP contribution >= 0.6 is 0 Å². The number of aromatic nitrogens is 3. The van der Waals surface area contributed by atoms with Crippen LogP contribution in [0, 0.1) is 23.7 Å². The molecule has 34 heavy (non-hydrogen) atoms. The molecule has 0 radical (unpaired) electrons. The Bertz CT molecular complexity index is 1100. The lowest BCUT2D eigenvalue weighted by molar-refractivity contribution is -0.143. The summed E-state index contributed by atoms with van der Waals surface area (Å²) in [5.41, 5.74) is 1.50. The first-order valence-electron chi connectivity index (χ1n) is 11.8. The maximum Gasteiger partial charge on any atom is 0.244 e. The van der Waals surface area contributed by atoms with Crippen LogP contribution in [0.1, 0.15) is 26.7 Å². The lowest BCUT2D eigenvalue weighted by atomic mass is 9.68. The van der Waals surface area contributed by atoms with Crippen LogP contribution in [0.4, 0.5) is 0 Å². The van der Waals surface area contributed by atoms with Crippen molar-refractivity contribution in [1.29, 1.82) is 0 Å². The monoisotopic (exact) mass is 468 g/mol. The van der Waals surface area contributed by atoms with Gasteiger partial charge in [0.05, 0.1) is 30.0 Å². The second kappa shape index (κ2) is 9.92.